The molecule has 0 unspecified atom stereocenters. The van der Waals surface area contributed by atoms with Gasteiger partial charge in [0.05, 0.1) is 17.3 Å². The van der Waals surface area contributed by atoms with Crippen LogP contribution in [0.25, 0.3) is 0 Å². The van der Waals surface area contributed by atoms with Crippen molar-refractivity contribution < 1.29 is 13.2 Å². The van der Waals surface area contributed by atoms with Gasteiger partial charge < -0.3 is 10.2 Å². The molecular weight excluding hydrogens is 320 g/mol. The zero-order valence-corrected chi connectivity index (χ0v) is 15.2. The smallest absolute Gasteiger partial charge is 0.230 e. The largest absolute Gasteiger partial charge is 0.354 e. The molecule has 128 valence electrons. The summed E-state index contributed by atoms with van der Waals surface area (Å²) in [6, 6.07) is 0. The van der Waals surface area contributed by atoms with Gasteiger partial charge in [-0.05, 0) is 24.7 Å². The van der Waals surface area contributed by atoms with Crippen molar-refractivity contribution in [3.05, 3.63) is 0 Å². The van der Waals surface area contributed by atoms with Crippen LogP contribution in [0, 0.1) is 11.8 Å². The summed E-state index contributed by atoms with van der Waals surface area (Å²) in [5.74, 6) is 2.37. The monoisotopic (exact) mass is 348 g/mol. The van der Waals surface area contributed by atoms with Crippen molar-refractivity contribution in [3.8, 4) is 0 Å². The summed E-state index contributed by atoms with van der Waals surface area (Å²) in [6.45, 7) is 8.40. The van der Waals surface area contributed by atoms with Gasteiger partial charge in [-0.25, -0.2) is 8.42 Å². The van der Waals surface area contributed by atoms with Gasteiger partial charge in [-0.15, -0.1) is 11.8 Å². The van der Waals surface area contributed by atoms with Gasteiger partial charge in [0.15, 0.2) is 9.84 Å². The Labute approximate surface area is 138 Å². The first-order valence-electron chi connectivity index (χ1n) is 8.15. The lowest BCUT2D eigenvalue weighted by Gasteiger charge is -2.34. The van der Waals surface area contributed by atoms with Crippen molar-refractivity contribution in [2.24, 2.45) is 11.8 Å². The van der Waals surface area contributed by atoms with Gasteiger partial charge in [0, 0.05) is 31.4 Å². The molecule has 2 fully saturated rings. The molecule has 0 bridgehead atoms. The van der Waals surface area contributed by atoms with Gasteiger partial charge >= 0.3 is 0 Å². The number of rotatable bonds is 6. The van der Waals surface area contributed by atoms with Crippen molar-refractivity contribution in [2.75, 3.05) is 43.4 Å². The Hall–Kier alpha value is -0.270. The Bertz CT molecular complexity index is 471. The molecule has 2 saturated heterocycles. The molecule has 2 rings (SSSR count). The van der Waals surface area contributed by atoms with Crippen molar-refractivity contribution in [3.63, 3.8) is 0 Å². The lowest BCUT2D eigenvalue weighted by Crippen LogP contribution is -2.43. The zero-order valence-electron chi connectivity index (χ0n) is 13.6. The van der Waals surface area contributed by atoms with Crippen LogP contribution in [0.3, 0.4) is 0 Å². The minimum Gasteiger partial charge on any atom is -0.354 e. The standard InChI is InChI=1S/C15H28N2O3S2/c1-12-7-13(2)9-17(8-12)5-4-16-15(18)10-21-14-3-6-22(19,20)11-14/h12-14H,3-11H2,1-2H3,(H,16,18)/t12-,13-,14+/m1/s1. The van der Waals surface area contributed by atoms with E-state index in [1.807, 2.05) is 0 Å². The lowest BCUT2D eigenvalue weighted by atomic mass is 9.92. The van der Waals surface area contributed by atoms with Crippen LogP contribution in [0.5, 0.6) is 0 Å². The summed E-state index contributed by atoms with van der Waals surface area (Å²) in [5, 5.41) is 3.05. The number of amides is 1. The van der Waals surface area contributed by atoms with E-state index in [9.17, 15) is 13.2 Å². The molecule has 1 N–H and O–H groups in total. The number of carbonyl (C=O) groups is 1. The molecule has 2 heterocycles. The van der Waals surface area contributed by atoms with E-state index in [0.717, 1.165) is 31.5 Å². The van der Waals surface area contributed by atoms with Crippen molar-refractivity contribution >= 4 is 27.5 Å². The second kappa shape index (κ2) is 8.02. The maximum atomic E-state index is 11.8. The Balaban J connectivity index is 1.58. The van der Waals surface area contributed by atoms with Crippen LogP contribution < -0.4 is 5.32 Å². The number of carbonyl (C=O) groups excluding carboxylic acids is 1. The van der Waals surface area contributed by atoms with Crippen LogP contribution in [-0.2, 0) is 14.6 Å². The molecular formula is C15H28N2O3S2. The molecule has 22 heavy (non-hydrogen) atoms. The molecule has 0 aromatic heterocycles. The van der Waals surface area contributed by atoms with E-state index in [4.69, 9.17) is 0 Å². The minimum atomic E-state index is -2.84. The molecule has 7 heteroatoms. The van der Waals surface area contributed by atoms with Crippen LogP contribution in [0.4, 0.5) is 0 Å². The van der Waals surface area contributed by atoms with E-state index in [1.54, 1.807) is 0 Å². The van der Waals surface area contributed by atoms with E-state index in [0.29, 0.717) is 18.7 Å². The average molecular weight is 349 g/mol. The van der Waals surface area contributed by atoms with E-state index >= 15 is 0 Å². The third kappa shape index (κ3) is 6.08. The summed E-state index contributed by atoms with van der Waals surface area (Å²) in [6.07, 6.45) is 1.98. The van der Waals surface area contributed by atoms with Gasteiger partial charge in [-0.2, -0.15) is 0 Å². The Morgan fingerprint density at radius 2 is 1.95 bits per heavy atom. The Morgan fingerprint density at radius 1 is 1.27 bits per heavy atom. The van der Waals surface area contributed by atoms with Crippen molar-refractivity contribution in [1.29, 1.82) is 0 Å². The summed E-state index contributed by atoms with van der Waals surface area (Å²) >= 11 is 1.48. The normalized spacial score (nSPS) is 32.0. The van der Waals surface area contributed by atoms with Crippen LogP contribution in [0.2, 0.25) is 0 Å². The molecule has 0 saturated carbocycles. The quantitative estimate of drug-likeness (QED) is 0.776. The second-order valence-corrected chi connectivity index (χ2v) is 10.4. The van der Waals surface area contributed by atoms with Gasteiger partial charge in [-0.1, -0.05) is 13.8 Å². The van der Waals surface area contributed by atoms with Gasteiger partial charge in [0.1, 0.15) is 0 Å². The third-order valence-corrected chi connectivity index (χ3v) is 7.62. The first-order valence-corrected chi connectivity index (χ1v) is 11.0. The number of nitrogens with zero attached hydrogens (tertiary/aromatic N) is 1. The highest BCUT2D eigenvalue weighted by Crippen LogP contribution is 2.24. The van der Waals surface area contributed by atoms with Crippen LogP contribution in [0.1, 0.15) is 26.7 Å². The molecule has 2 aliphatic rings. The predicted molar refractivity (Wildman–Crippen MR) is 91.9 cm³/mol. The third-order valence-electron chi connectivity index (χ3n) is 4.34. The van der Waals surface area contributed by atoms with Gasteiger partial charge in [-0.3, -0.25) is 4.79 Å². The second-order valence-electron chi connectivity index (χ2n) is 6.89. The van der Waals surface area contributed by atoms with Crippen LogP contribution in [0.15, 0.2) is 0 Å². The SMILES string of the molecule is C[C@@H]1C[C@@H](C)CN(CCNC(=O)CS[C@H]2CCS(=O)(=O)C2)C1. The molecule has 1 amide bonds. The highest BCUT2D eigenvalue weighted by Gasteiger charge is 2.28. The molecule has 0 aromatic carbocycles. The molecule has 0 aliphatic carbocycles. The summed E-state index contributed by atoms with van der Waals surface area (Å²) in [5.41, 5.74) is 0. The maximum absolute atomic E-state index is 11.8. The van der Waals surface area contributed by atoms with E-state index in [-0.39, 0.29) is 22.7 Å². The van der Waals surface area contributed by atoms with E-state index in [1.165, 1.54) is 18.2 Å². The Morgan fingerprint density at radius 3 is 2.55 bits per heavy atom. The predicted octanol–water partition coefficient (Wildman–Crippen LogP) is 1.00. The number of hydrogen-bond acceptors (Lipinski definition) is 5. The first kappa shape index (κ1) is 18.1. The molecule has 2 aliphatic heterocycles. The van der Waals surface area contributed by atoms with Gasteiger partial charge in [0.2, 0.25) is 5.91 Å². The number of sulfone groups is 1. The zero-order chi connectivity index (χ0) is 16.2. The molecule has 3 atom stereocenters. The Kier molecular flexibility index (Phi) is 6.58. The average Bonchev–Trinajstić information content (AvgIpc) is 2.75. The number of nitrogens with one attached hydrogen (secondary N) is 1. The van der Waals surface area contributed by atoms with Crippen LogP contribution >= 0.6 is 11.8 Å². The van der Waals surface area contributed by atoms with Crippen LogP contribution in [-0.4, -0.2) is 67.9 Å². The number of thioether (sulfide) groups is 1. The number of likely N-dealkylation sites (tertiary alicyclic amines) is 1. The fourth-order valence-corrected chi connectivity index (χ4v) is 6.94. The van der Waals surface area contributed by atoms with Gasteiger partial charge in [0.25, 0.3) is 0 Å². The van der Waals surface area contributed by atoms with Crippen molar-refractivity contribution in [1.82, 2.24) is 10.2 Å². The fraction of sp³-hybridized carbons (Fsp3) is 0.933. The molecule has 0 spiro atoms. The maximum Gasteiger partial charge on any atom is 0.230 e. The molecule has 5 nitrogen and oxygen atoms in total. The number of hydrogen-bond donors (Lipinski definition) is 1. The van der Waals surface area contributed by atoms with Crippen molar-refractivity contribution in [2.45, 2.75) is 31.9 Å². The summed E-state index contributed by atoms with van der Waals surface area (Å²) in [7, 11) is -2.84. The minimum absolute atomic E-state index is 0.0207. The number of piperidine rings is 1. The highest BCUT2D eigenvalue weighted by atomic mass is 32.2. The topological polar surface area (TPSA) is 66.5 Å². The van der Waals surface area contributed by atoms with E-state index in [2.05, 4.69) is 24.1 Å². The summed E-state index contributed by atoms with van der Waals surface area (Å²) in [4.78, 5) is 14.3. The molecule has 0 radical (unpaired) electrons. The fourth-order valence-electron chi connectivity index (χ4n) is 3.46. The first-order chi connectivity index (χ1) is 10.3. The summed E-state index contributed by atoms with van der Waals surface area (Å²) < 4.78 is 22.7. The van der Waals surface area contributed by atoms with E-state index < -0.39 is 9.84 Å². The highest BCUT2D eigenvalue weighted by molar-refractivity contribution is 8.02. The lowest BCUT2D eigenvalue weighted by molar-refractivity contribution is -0.118. The molecule has 0 aromatic rings.